The van der Waals surface area contributed by atoms with Gasteiger partial charge in [-0.1, -0.05) is 0 Å². The Balaban J connectivity index is 1.53. The third-order valence-corrected chi connectivity index (χ3v) is 4.99. The van der Waals surface area contributed by atoms with E-state index in [2.05, 4.69) is 0 Å². The van der Waals surface area contributed by atoms with Crippen LogP contribution in [0.25, 0.3) is 0 Å². The molecule has 1 spiro atoms. The molecule has 3 fully saturated rings. The van der Waals surface area contributed by atoms with E-state index in [0.717, 1.165) is 24.9 Å². The van der Waals surface area contributed by atoms with E-state index in [-0.39, 0.29) is 11.7 Å². The summed E-state index contributed by atoms with van der Waals surface area (Å²) < 4.78 is 5.42. The van der Waals surface area contributed by atoms with Gasteiger partial charge >= 0.3 is 6.09 Å². The van der Waals surface area contributed by atoms with Crippen molar-refractivity contribution in [1.29, 1.82) is 0 Å². The molecule has 96 valence electrons. The molecule has 0 aromatic rings. The highest BCUT2D eigenvalue weighted by Crippen LogP contribution is 2.74. The van der Waals surface area contributed by atoms with Crippen LogP contribution in [0.4, 0.5) is 4.79 Å². The first-order valence-electron chi connectivity index (χ1n) is 6.90. The lowest BCUT2D eigenvalue weighted by molar-refractivity contribution is 0.0164. The fourth-order valence-electron chi connectivity index (χ4n) is 3.92. The van der Waals surface area contributed by atoms with E-state index in [1.165, 1.54) is 25.7 Å². The second-order valence-corrected chi connectivity index (χ2v) is 6.99. The molecule has 0 N–H and O–H groups in total. The number of fused-ring (bicyclic) bond motifs is 3. The Hall–Kier alpha value is -0.730. The predicted molar refractivity (Wildman–Crippen MR) is 65.7 cm³/mol. The van der Waals surface area contributed by atoms with E-state index in [1.807, 2.05) is 25.7 Å². The van der Waals surface area contributed by atoms with Crippen LogP contribution in [0.2, 0.25) is 0 Å². The first kappa shape index (κ1) is 11.4. The Labute approximate surface area is 104 Å². The average Bonchev–Trinajstić information content (AvgIpc) is 2.56. The smallest absolute Gasteiger partial charge is 0.410 e. The summed E-state index contributed by atoms with van der Waals surface area (Å²) >= 11 is 0. The van der Waals surface area contributed by atoms with Gasteiger partial charge in [-0.3, -0.25) is 0 Å². The van der Waals surface area contributed by atoms with Gasteiger partial charge in [0.05, 0.1) is 0 Å². The van der Waals surface area contributed by atoms with Gasteiger partial charge in [0, 0.05) is 13.1 Å². The Morgan fingerprint density at radius 1 is 1.18 bits per heavy atom. The highest BCUT2D eigenvalue weighted by Gasteiger charge is 2.68. The summed E-state index contributed by atoms with van der Waals surface area (Å²) in [5.41, 5.74) is 0.281. The fraction of sp³-hybridized carbons (Fsp3) is 0.929. The van der Waals surface area contributed by atoms with E-state index in [4.69, 9.17) is 4.74 Å². The molecule has 3 aliphatic rings. The maximum Gasteiger partial charge on any atom is 0.410 e. The summed E-state index contributed by atoms with van der Waals surface area (Å²) in [7, 11) is 0. The summed E-state index contributed by atoms with van der Waals surface area (Å²) in [5.74, 6) is 2.03. The van der Waals surface area contributed by atoms with Crippen molar-refractivity contribution >= 4 is 6.09 Å². The molecule has 17 heavy (non-hydrogen) atoms. The van der Waals surface area contributed by atoms with Gasteiger partial charge in [-0.25, -0.2) is 4.79 Å². The van der Waals surface area contributed by atoms with Crippen molar-refractivity contribution in [3.63, 3.8) is 0 Å². The molecule has 1 amide bonds. The van der Waals surface area contributed by atoms with Gasteiger partial charge in [0.15, 0.2) is 0 Å². The van der Waals surface area contributed by atoms with Crippen LogP contribution in [0.15, 0.2) is 0 Å². The first-order valence-corrected chi connectivity index (χ1v) is 6.90. The third-order valence-electron chi connectivity index (χ3n) is 4.99. The maximum absolute atomic E-state index is 11.9. The lowest BCUT2D eigenvalue weighted by atomic mass is 9.91. The molecular formula is C14H23NO2. The summed E-state index contributed by atoms with van der Waals surface area (Å²) in [6, 6.07) is 0. The number of ether oxygens (including phenoxy) is 1. The maximum atomic E-state index is 11.9. The number of amides is 1. The lowest BCUT2D eigenvalue weighted by Gasteiger charge is -2.34. The zero-order chi connectivity index (χ0) is 12.3. The van der Waals surface area contributed by atoms with Gasteiger partial charge in [0.2, 0.25) is 0 Å². The highest BCUT2D eigenvalue weighted by atomic mass is 16.6. The Morgan fingerprint density at radius 3 is 2.12 bits per heavy atom. The van der Waals surface area contributed by atoms with Gasteiger partial charge in [0.25, 0.3) is 0 Å². The molecule has 2 saturated carbocycles. The number of likely N-dealkylation sites (tertiary alicyclic amines) is 1. The molecule has 2 unspecified atom stereocenters. The van der Waals surface area contributed by atoms with Gasteiger partial charge in [-0.2, -0.15) is 0 Å². The number of nitrogens with zero attached hydrogens (tertiary/aromatic N) is 1. The second kappa shape index (κ2) is 3.39. The van der Waals surface area contributed by atoms with Crippen molar-refractivity contribution < 1.29 is 9.53 Å². The minimum absolute atomic E-state index is 0.125. The van der Waals surface area contributed by atoms with Crippen LogP contribution in [0.5, 0.6) is 0 Å². The number of hydrogen-bond donors (Lipinski definition) is 0. The van der Waals surface area contributed by atoms with Crippen molar-refractivity contribution in [2.24, 2.45) is 17.3 Å². The molecular weight excluding hydrogens is 214 g/mol. The average molecular weight is 237 g/mol. The molecule has 0 bridgehead atoms. The molecule has 3 rings (SSSR count). The van der Waals surface area contributed by atoms with Gasteiger partial charge < -0.3 is 9.64 Å². The van der Waals surface area contributed by atoms with Crippen molar-refractivity contribution in [2.75, 3.05) is 13.1 Å². The Morgan fingerprint density at radius 2 is 1.71 bits per heavy atom. The number of hydrogen-bond acceptors (Lipinski definition) is 2. The summed E-state index contributed by atoms with van der Waals surface area (Å²) in [5, 5.41) is 0. The van der Waals surface area contributed by atoms with Crippen LogP contribution >= 0.6 is 0 Å². The normalized spacial score (nSPS) is 33.9. The quantitative estimate of drug-likeness (QED) is 0.648. The van der Waals surface area contributed by atoms with E-state index in [0.29, 0.717) is 5.41 Å². The number of piperidine rings is 1. The molecule has 1 saturated heterocycles. The largest absolute Gasteiger partial charge is 0.444 e. The molecule has 2 aliphatic carbocycles. The number of carbonyl (C=O) groups is 1. The molecule has 3 nitrogen and oxygen atoms in total. The first-order chi connectivity index (χ1) is 7.92. The summed E-state index contributed by atoms with van der Waals surface area (Å²) in [4.78, 5) is 13.8. The highest BCUT2D eigenvalue weighted by molar-refractivity contribution is 5.68. The van der Waals surface area contributed by atoms with Crippen molar-refractivity contribution in [3.8, 4) is 0 Å². The van der Waals surface area contributed by atoms with Crippen molar-refractivity contribution in [2.45, 2.75) is 52.1 Å². The van der Waals surface area contributed by atoms with E-state index >= 15 is 0 Å². The Kier molecular flexibility index (Phi) is 2.27. The minimum Gasteiger partial charge on any atom is -0.444 e. The Bertz CT molecular complexity index is 325. The number of carbonyl (C=O) groups excluding carboxylic acids is 1. The topological polar surface area (TPSA) is 29.5 Å². The van der Waals surface area contributed by atoms with Crippen LogP contribution in [-0.2, 0) is 4.74 Å². The lowest BCUT2D eigenvalue weighted by Crippen LogP contribution is -2.42. The molecule has 3 heteroatoms. The van der Waals surface area contributed by atoms with Gasteiger partial charge in [-0.05, 0) is 63.7 Å². The molecule has 0 radical (unpaired) electrons. The van der Waals surface area contributed by atoms with E-state index in [1.54, 1.807) is 0 Å². The van der Waals surface area contributed by atoms with Gasteiger partial charge in [-0.15, -0.1) is 0 Å². The summed E-state index contributed by atoms with van der Waals surface area (Å²) in [6.45, 7) is 7.59. The molecule has 0 aromatic heterocycles. The third kappa shape index (κ3) is 1.74. The monoisotopic (exact) mass is 237 g/mol. The zero-order valence-electron chi connectivity index (χ0n) is 11.2. The van der Waals surface area contributed by atoms with Crippen LogP contribution in [-0.4, -0.2) is 29.7 Å². The molecule has 1 heterocycles. The second-order valence-electron chi connectivity index (χ2n) is 6.99. The molecule has 2 atom stereocenters. The van der Waals surface area contributed by atoms with Crippen LogP contribution in [0.3, 0.4) is 0 Å². The van der Waals surface area contributed by atoms with E-state index in [9.17, 15) is 4.79 Å². The standard InChI is InChI=1S/C14H23NO2/c1-13(2,3)17-12(16)15-8-6-14(7-9-15)10-4-5-11(10)14/h10-11H,4-9H2,1-3H3. The number of rotatable bonds is 0. The SMILES string of the molecule is CC(C)(C)OC(=O)N1CCC2(CC1)C1CCC12. The predicted octanol–water partition coefficient (Wildman–Crippen LogP) is 3.04. The molecule has 1 aliphatic heterocycles. The molecule has 0 aromatic carbocycles. The van der Waals surface area contributed by atoms with Crippen LogP contribution < -0.4 is 0 Å². The van der Waals surface area contributed by atoms with Crippen molar-refractivity contribution in [1.82, 2.24) is 4.90 Å². The van der Waals surface area contributed by atoms with Crippen LogP contribution in [0.1, 0.15) is 46.5 Å². The van der Waals surface area contributed by atoms with Gasteiger partial charge in [0.1, 0.15) is 5.60 Å². The van der Waals surface area contributed by atoms with E-state index < -0.39 is 0 Å². The van der Waals surface area contributed by atoms with Crippen molar-refractivity contribution in [3.05, 3.63) is 0 Å². The summed E-state index contributed by atoms with van der Waals surface area (Å²) in [6.07, 6.45) is 5.18. The fourth-order valence-corrected chi connectivity index (χ4v) is 3.92. The minimum atomic E-state index is -0.370. The zero-order valence-corrected chi connectivity index (χ0v) is 11.2. The van der Waals surface area contributed by atoms with Crippen LogP contribution in [0, 0.1) is 17.3 Å².